The first-order valence-corrected chi connectivity index (χ1v) is 9.24. The monoisotopic (exact) mass is 431 g/mol. The summed E-state index contributed by atoms with van der Waals surface area (Å²) in [6, 6.07) is 7.61. The van der Waals surface area contributed by atoms with Gasteiger partial charge in [0.15, 0.2) is 0 Å². The van der Waals surface area contributed by atoms with Crippen LogP contribution in [0.3, 0.4) is 0 Å². The first-order valence-electron chi connectivity index (χ1n) is 9.24. The number of carbonyl (C=O) groups is 2. The van der Waals surface area contributed by atoms with E-state index in [0.717, 1.165) is 12.1 Å². The molecule has 0 radical (unpaired) electrons. The molecule has 3 aromatic rings. The van der Waals surface area contributed by atoms with Gasteiger partial charge in [0.05, 0.1) is 17.5 Å². The maximum Gasteiger partial charge on any atom is 0.416 e. The van der Waals surface area contributed by atoms with Gasteiger partial charge >= 0.3 is 6.18 Å². The highest BCUT2D eigenvalue weighted by atomic mass is 19.4. The van der Waals surface area contributed by atoms with E-state index >= 15 is 0 Å². The van der Waals surface area contributed by atoms with Crippen LogP contribution in [-0.4, -0.2) is 45.6 Å². The molecule has 0 bridgehead atoms. The zero-order chi connectivity index (χ0) is 22.8. The fourth-order valence-electron chi connectivity index (χ4n) is 2.71. The first kappa shape index (κ1) is 22.0. The summed E-state index contributed by atoms with van der Waals surface area (Å²) >= 11 is 0. The molecular weight excluding hydrogens is 411 g/mol. The fraction of sp³-hybridized carbons (Fsp3) is 0.238. The van der Waals surface area contributed by atoms with Gasteiger partial charge in [0.2, 0.25) is 5.91 Å². The Hall–Kier alpha value is -3.69. The Morgan fingerprint density at radius 1 is 1.10 bits per heavy atom. The van der Waals surface area contributed by atoms with Crippen LogP contribution in [0.4, 0.5) is 18.9 Å². The smallest absolute Gasteiger partial charge is 0.347 e. The second-order valence-electron chi connectivity index (χ2n) is 7.11. The highest BCUT2D eigenvalue weighted by molar-refractivity contribution is 6.04. The topological polar surface area (TPSA) is 80.1 Å². The van der Waals surface area contributed by atoms with Gasteiger partial charge in [-0.15, -0.1) is 0 Å². The van der Waals surface area contributed by atoms with Gasteiger partial charge in [0.1, 0.15) is 12.2 Å². The molecule has 0 atom stereocenters. The molecule has 0 saturated heterocycles. The third-order valence-electron chi connectivity index (χ3n) is 4.51. The van der Waals surface area contributed by atoms with E-state index < -0.39 is 17.6 Å². The molecule has 31 heavy (non-hydrogen) atoms. The van der Waals surface area contributed by atoms with Crippen molar-refractivity contribution < 1.29 is 22.8 Å². The molecule has 7 nitrogen and oxygen atoms in total. The molecule has 0 aliphatic carbocycles. The number of hydrogen-bond acceptors (Lipinski definition) is 4. The van der Waals surface area contributed by atoms with Crippen molar-refractivity contribution in [2.45, 2.75) is 19.6 Å². The van der Waals surface area contributed by atoms with E-state index in [1.807, 2.05) is 0 Å². The van der Waals surface area contributed by atoms with Crippen molar-refractivity contribution in [3.8, 4) is 11.3 Å². The lowest BCUT2D eigenvalue weighted by Crippen LogP contribution is -2.26. The van der Waals surface area contributed by atoms with Crippen molar-refractivity contribution in [2.24, 2.45) is 0 Å². The second kappa shape index (κ2) is 8.58. The third kappa shape index (κ3) is 5.27. The molecule has 10 heteroatoms. The van der Waals surface area contributed by atoms with Crippen molar-refractivity contribution in [1.82, 2.24) is 19.7 Å². The lowest BCUT2D eigenvalue weighted by molar-refractivity contribution is -0.137. The van der Waals surface area contributed by atoms with Crippen molar-refractivity contribution in [2.75, 3.05) is 19.4 Å². The zero-order valence-electron chi connectivity index (χ0n) is 17.1. The SMILES string of the molecule is Cc1ccc(-c2cnn(CC(=O)N(C)C)c2)nc1C(=O)Nc1ccc(C(F)(F)F)cc1. The molecule has 0 unspecified atom stereocenters. The normalized spacial score (nSPS) is 11.3. The molecule has 0 aliphatic rings. The lowest BCUT2D eigenvalue weighted by atomic mass is 10.1. The van der Waals surface area contributed by atoms with E-state index in [-0.39, 0.29) is 23.8 Å². The predicted octanol–water partition coefficient (Wildman–Crippen LogP) is 3.61. The number of rotatable bonds is 5. The number of nitrogens with one attached hydrogen (secondary N) is 1. The minimum atomic E-state index is -4.45. The minimum absolute atomic E-state index is 0.0696. The van der Waals surface area contributed by atoms with Crippen LogP contribution in [-0.2, 0) is 17.5 Å². The van der Waals surface area contributed by atoms with Crippen LogP contribution >= 0.6 is 0 Å². The number of alkyl halides is 3. The third-order valence-corrected chi connectivity index (χ3v) is 4.51. The molecule has 2 heterocycles. The summed E-state index contributed by atoms with van der Waals surface area (Å²) in [5.41, 5.74) is 1.26. The number of aromatic nitrogens is 3. The largest absolute Gasteiger partial charge is 0.416 e. The fourth-order valence-corrected chi connectivity index (χ4v) is 2.71. The molecular formula is C21H20F3N5O2. The molecule has 0 aliphatic heterocycles. The van der Waals surface area contributed by atoms with E-state index in [0.29, 0.717) is 16.8 Å². The van der Waals surface area contributed by atoms with E-state index in [2.05, 4.69) is 15.4 Å². The van der Waals surface area contributed by atoms with E-state index in [1.165, 1.54) is 27.9 Å². The van der Waals surface area contributed by atoms with Gasteiger partial charge in [-0.1, -0.05) is 6.07 Å². The summed E-state index contributed by atoms with van der Waals surface area (Å²) in [5, 5.41) is 6.70. The zero-order valence-corrected chi connectivity index (χ0v) is 17.1. The Morgan fingerprint density at radius 2 is 1.77 bits per heavy atom. The number of anilines is 1. The molecule has 2 aromatic heterocycles. The molecule has 162 valence electrons. The van der Waals surface area contributed by atoms with Crippen LogP contribution in [0, 0.1) is 6.92 Å². The minimum Gasteiger partial charge on any atom is -0.347 e. The summed E-state index contributed by atoms with van der Waals surface area (Å²) in [7, 11) is 3.30. The molecule has 1 aromatic carbocycles. The Balaban J connectivity index is 1.79. The number of halogens is 3. The van der Waals surface area contributed by atoms with Crippen molar-refractivity contribution in [3.05, 3.63) is 65.6 Å². The molecule has 3 rings (SSSR count). The van der Waals surface area contributed by atoms with Gasteiger partial charge in [0.25, 0.3) is 5.91 Å². The highest BCUT2D eigenvalue weighted by Crippen LogP contribution is 2.30. The van der Waals surface area contributed by atoms with Gasteiger partial charge in [-0.2, -0.15) is 18.3 Å². The molecule has 1 N–H and O–H groups in total. The number of benzene rings is 1. The van der Waals surface area contributed by atoms with Gasteiger partial charge in [0, 0.05) is 31.5 Å². The van der Waals surface area contributed by atoms with Crippen molar-refractivity contribution >= 4 is 17.5 Å². The first-order chi connectivity index (χ1) is 14.5. The molecule has 0 spiro atoms. The number of nitrogens with zero attached hydrogens (tertiary/aromatic N) is 4. The summed E-state index contributed by atoms with van der Waals surface area (Å²) in [6.07, 6.45) is -1.26. The number of amides is 2. The van der Waals surface area contributed by atoms with E-state index in [9.17, 15) is 22.8 Å². The van der Waals surface area contributed by atoms with Crippen LogP contribution in [0.1, 0.15) is 21.6 Å². The molecule has 0 saturated carbocycles. The van der Waals surface area contributed by atoms with Crippen LogP contribution in [0.15, 0.2) is 48.8 Å². The average molecular weight is 431 g/mol. The van der Waals surface area contributed by atoms with Gasteiger partial charge in [-0.25, -0.2) is 4.98 Å². The van der Waals surface area contributed by atoms with Crippen molar-refractivity contribution in [1.29, 1.82) is 0 Å². The number of carbonyl (C=O) groups excluding carboxylic acids is 2. The van der Waals surface area contributed by atoms with Crippen LogP contribution < -0.4 is 5.32 Å². The Labute approximate surface area is 176 Å². The van der Waals surface area contributed by atoms with E-state index in [1.54, 1.807) is 39.3 Å². The van der Waals surface area contributed by atoms with E-state index in [4.69, 9.17) is 0 Å². The maximum atomic E-state index is 12.7. The molecule has 2 amide bonds. The number of aryl methyl sites for hydroxylation is 1. The Kier molecular flexibility index (Phi) is 6.09. The maximum absolute atomic E-state index is 12.7. The Morgan fingerprint density at radius 3 is 2.39 bits per heavy atom. The number of likely N-dealkylation sites (N-methyl/N-ethyl adjacent to an activating group) is 1. The molecule has 0 fully saturated rings. The average Bonchev–Trinajstić information content (AvgIpc) is 3.16. The number of hydrogen-bond donors (Lipinski definition) is 1. The van der Waals surface area contributed by atoms with Crippen LogP contribution in [0.2, 0.25) is 0 Å². The van der Waals surface area contributed by atoms with Gasteiger partial charge < -0.3 is 10.2 Å². The number of pyridine rings is 1. The summed E-state index contributed by atoms with van der Waals surface area (Å²) in [4.78, 5) is 30.3. The van der Waals surface area contributed by atoms with Gasteiger partial charge in [-0.05, 0) is 42.8 Å². The summed E-state index contributed by atoms with van der Waals surface area (Å²) in [6.45, 7) is 1.78. The quantitative estimate of drug-likeness (QED) is 0.669. The van der Waals surface area contributed by atoms with Crippen molar-refractivity contribution in [3.63, 3.8) is 0 Å². The predicted molar refractivity (Wildman–Crippen MR) is 108 cm³/mol. The van der Waals surface area contributed by atoms with Crippen LogP contribution in [0.25, 0.3) is 11.3 Å². The lowest BCUT2D eigenvalue weighted by Gasteiger charge is -2.10. The second-order valence-corrected chi connectivity index (χ2v) is 7.11. The summed E-state index contributed by atoms with van der Waals surface area (Å²) < 4.78 is 39.5. The highest BCUT2D eigenvalue weighted by Gasteiger charge is 2.30. The van der Waals surface area contributed by atoms with Crippen LogP contribution in [0.5, 0.6) is 0 Å². The van der Waals surface area contributed by atoms with Gasteiger partial charge in [-0.3, -0.25) is 14.3 Å². The Bertz CT molecular complexity index is 1100. The summed E-state index contributed by atoms with van der Waals surface area (Å²) in [5.74, 6) is -0.669. The standard InChI is InChI=1S/C21H20F3N5O2/c1-13-4-9-17(14-10-25-29(11-14)12-18(30)28(2)3)27-19(13)20(31)26-16-7-5-15(6-8-16)21(22,23)24/h4-11H,12H2,1-3H3,(H,26,31).